The second kappa shape index (κ2) is 3.97. The monoisotopic (exact) mass is 182 g/mol. The van der Waals surface area contributed by atoms with Crippen molar-refractivity contribution in [3.63, 3.8) is 0 Å². The van der Waals surface area contributed by atoms with Crippen molar-refractivity contribution in [2.24, 2.45) is 5.41 Å². The fraction of sp³-hybridized carbons (Fsp3) is 1.00. The van der Waals surface area contributed by atoms with E-state index in [0.717, 1.165) is 6.04 Å². The van der Waals surface area contributed by atoms with Crippen LogP contribution >= 0.6 is 0 Å². The summed E-state index contributed by atoms with van der Waals surface area (Å²) in [5, 5.41) is 7.16. The Morgan fingerprint density at radius 2 is 1.85 bits per heavy atom. The molecule has 2 rings (SSSR count). The van der Waals surface area contributed by atoms with Crippen LogP contribution in [0, 0.1) is 5.41 Å². The van der Waals surface area contributed by atoms with Crippen molar-refractivity contribution in [2.75, 3.05) is 19.6 Å². The minimum absolute atomic E-state index is 0.668. The molecule has 2 heterocycles. The van der Waals surface area contributed by atoms with Crippen LogP contribution in [0.25, 0.3) is 0 Å². The molecule has 0 amide bonds. The highest BCUT2D eigenvalue weighted by atomic mass is 15.0. The minimum Gasteiger partial charge on any atom is -0.317 e. The molecule has 2 saturated heterocycles. The lowest BCUT2D eigenvalue weighted by atomic mass is 9.72. The van der Waals surface area contributed by atoms with Gasteiger partial charge in [0, 0.05) is 6.04 Å². The molecular weight excluding hydrogens is 160 g/mol. The van der Waals surface area contributed by atoms with Gasteiger partial charge in [-0.25, -0.2) is 0 Å². The zero-order chi connectivity index (χ0) is 9.15. The van der Waals surface area contributed by atoms with Gasteiger partial charge in [-0.05, 0) is 50.7 Å². The summed E-state index contributed by atoms with van der Waals surface area (Å²) in [6.45, 7) is 6.03. The number of rotatable bonds is 2. The van der Waals surface area contributed by atoms with Crippen molar-refractivity contribution in [1.29, 1.82) is 0 Å². The lowest BCUT2D eigenvalue weighted by Crippen LogP contribution is -2.44. The van der Waals surface area contributed by atoms with E-state index in [1.807, 2.05) is 0 Å². The highest BCUT2D eigenvalue weighted by Crippen LogP contribution is 2.41. The first kappa shape index (κ1) is 9.47. The van der Waals surface area contributed by atoms with Crippen molar-refractivity contribution in [1.82, 2.24) is 10.6 Å². The van der Waals surface area contributed by atoms with Crippen LogP contribution in [0.2, 0.25) is 0 Å². The Morgan fingerprint density at radius 1 is 1.15 bits per heavy atom. The molecule has 0 radical (unpaired) electrons. The first-order valence-electron chi connectivity index (χ1n) is 5.81. The largest absolute Gasteiger partial charge is 0.317 e. The molecule has 0 saturated carbocycles. The summed E-state index contributed by atoms with van der Waals surface area (Å²) in [6.07, 6.45) is 6.90. The summed E-state index contributed by atoms with van der Waals surface area (Å²) in [5.41, 5.74) is 0.668. The first-order chi connectivity index (χ1) is 6.37. The van der Waals surface area contributed by atoms with Gasteiger partial charge in [-0.1, -0.05) is 13.3 Å². The van der Waals surface area contributed by atoms with E-state index in [1.54, 1.807) is 0 Å². The molecule has 1 spiro atoms. The van der Waals surface area contributed by atoms with E-state index in [4.69, 9.17) is 0 Å². The Morgan fingerprint density at radius 3 is 2.54 bits per heavy atom. The number of piperidine rings is 1. The molecular formula is C11H22N2. The Bertz CT molecular complexity index is 161. The maximum absolute atomic E-state index is 3.69. The van der Waals surface area contributed by atoms with Crippen LogP contribution < -0.4 is 10.6 Å². The van der Waals surface area contributed by atoms with Crippen LogP contribution in [0.1, 0.15) is 39.0 Å². The van der Waals surface area contributed by atoms with Crippen molar-refractivity contribution in [2.45, 2.75) is 45.1 Å². The highest BCUT2D eigenvalue weighted by molar-refractivity contribution is 4.98. The highest BCUT2D eigenvalue weighted by Gasteiger charge is 2.42. The van der Waals surface area contributed by atoms with Gasteiger partial charge in [0.15, 0.2) is 0 Å². The number of nitrogens with one attached hydrogen (secondary N) is 2. The van der Waals surface area contributed by atoms with Crippen molar-refractivity contribution in [3.05, 3.63) is 0 Å². The van der Waals surface area contributed by atoms with E-state index in [-0.39, 0.29) is 0 Å². The van der Waals surface area contributed by atoms with Gasteiger partial charge in [-0.2, -0.15) is 0 Å². The van der Waals surface area contributed by atoms with E-state index >= 15 is 0 Å². The van der Waals surface area contributed by atoms with Crippen LogP contribution in [0.3, 0.4) is 0 Å². The van der Waals surface area contributed by atoms with Gasteiger partial charge >= 0.3 is 0 Å². The van der Waals surface area contributed by atoms with Crippen LogP contribution in [0.4, 0.5) is 0 Å². The topological polar surface area (TPSA) is 24.1 Å². The molecule has 13 heavy (non-hydrogen) atoms. The Hall–Kier alpha value is -0.0800. The number of hydrogen-bond acceptors (Lipinski definition) is 2. The quantitative estimate of drug-likeness (QED) is 0.676. The Balaban J connectivity index is 2.00. The third-order valence-electron chi connectivity index (χ3n) is 3.93. The molecule has 0 aliphatic carbocycles. The van der Waals surface area contributed by atoms with Crippen LogP contribution in [-0.4, -0.2) is 25.7 Å². The predicted octanol–water partition coefficient (Wildman–Crippen LogP) is 1.52. The van der Waals surface area contributed by atoms with Gasteiger partial charge in [0.2, 0.25) is 0 Å². The second-order valence-electron chi connectivity index (χ2n) is 4.66. The standard InChI is InChI=1S/C11H22N2/c1-2-3-10-11(6-9-13-10)4-7-12-8-5-11/h10,12-13H,2-9H2,1H3. The van der Waals surface area contributed by atoms with Gasteiger partial charge in [0.1, 0.15) is 0 Å². The molecule has 2 N–H and O–H groups in total. The van der Waals surface area contributed by atoms with E-state index in [2.05, 4.69) is 17.6 Å². The molecule has 2 fully saturated rings. The normalized spacial score (nSPS) is 32.5. The van der Waals surface area contributed by atoms with Crippen LogP contribution in [0.15, 0.2) is 0 Å². The zero-order valence-corrected chi connectivity index (χ0v) is 8.73. The molecule has 0 aromatic carbocycles. The molecule has 2 aliphatic heterocycles. The molecule has 1 unspecified atom stereocenters. The van der Waals surface area contributed by atoms with E-state index in [9.17, 15) is 0 Å². The average Bonchev–Trinajstić information content (AvgIpc) is 2.52. The van der Waals surface area contributed by atoms with Crippen LogP contribution in [-0.2, 0) is 0 Å². The summed E-state index contributed by atoms with van der Waals surface area (Å²) in [5.74, 6) is 0. The van der Waals surface area contributed by atoms with Gasteiger partial charge in [0.25, 0.3) is 0 Å². The van der Waals surface area contributed by atoms with Crippen molar-refractivity contribution in [3.8, 4) is 0 Å². The minimum atomic E-state index is 0.668. The molecule has 0 aromatic rings. The second-order valence-corrected chi connectivity index (χ2v) is 4.66. The van der Waals surface area contributed by atoms with E-state index in [0.29, 0.717) is 5.41 Å². The van der Waals surface area contributed by atoms with E-state index < -0.39 is 0 Å². The molecule has 0 aromatic heterocycles. The predicted molar refractivity (Wildman–Crippen MR) is 55.9 cm³/mol. The molecule has 2 nitrogen and oxygen atoms in total. The maximum atomic E-state index is 3.69. The molecule has 2 heteroatoms. The Labute approximate surface area is 81.5 Å². The molecule has 1 atom stereocenters. The fourth-order valence-corrected chi connectivity index (χ4v) is 3.11. The lowest BCUT2D eigenvalue weighted by Gasteiger charge is -2.38. The molecule has 2 aliphatic rings. The summed E-state index contributed by atoms with van der Waals surface area (Å²) in [6, 6.07) is 0.819. The third-order valence-corrected chi connectivity index (χ3v) is 3.93. The van der Waals surface area contributed by atoms with Crippen LogP contribution in [0.5, 0.6) is 0 Å². The summed E-state index contributed by atoms with van der Waals surface area (Å²) >= 11 is 0. The zero-order valence-electron chi connectivity index (χ0n) is 8.73. The van der Waals surface area contributed by atoms with Gasteiger partial charge in [0.05, 0.1) is 0 Å². The number of hydrogen-bond donors (Lipinski definition) is 2. The third kappa shape index (κ3) is 1.75. The smallest absolute Gasteiger partial charge is 0.0125 e. The summed E-state index contributed by atoms with van der Waals surface area (Å²) in [7, 11) is 0. The van der Waals surface area contributed by atoms with E-state index in [1.165, 1.54) is 51.7 Å². The molecule has 0 bridgehead atoms. The lowest BCUT2D eigenvalue weighted by molar-refractivity contribution is 0.168. The van der Waals surface area contributed by atoms with Gasteiger partial charge in [-0.3, -0.25) is 0 Å². The van der Waals surface area contributed by atoms with Gasteiger partial charge < -0.3 is 10.6 Å². The average molecular weight is 182 g/mol. The Kier molecular flexibility index (Phi) is 2.89. The van der Waals surface area contributed by atoms with Crippen molar-refractivity contribution < 1.29 is 0 Å². The van der Waals surface area contributed by atoms with Crippen molar-refractivity contribution >= 4 is 0 Å². The first-order valence-corrected chi connectivity index (χ1v) is 5.81. The fourth-order valence-electron chi connectivity index (χ4n) is 3.11. The maximum Gasteiger partial charge on any atom is 0.0125 e. The van der Waals surface area contributed by atoms with Gasteiger partial charge in [-0.15, -0.1) is 0 Å². The SMILES string of the molecule is CCCC1NCCC12CCNCC2. The molecule has 76 valence electrons. The summed E-state index contributed by atoms with van der Waals surface area (Å²) in [4.78, 5) is 0. The summed E-state index contributed by atoms with van der Waals surface area (Å²) < 4.78 is 0.